The van der Waals surface area contributed by atoms with Crippen LogP contribution < -0.4 is 15.5 Å². The molecule has 1 heterocycles. The van der Waals surface area contributed by atoms with Gasteiger partial charge in [0.1, 0.15) is 0 Å². The molecule has 1 aliphatic heterocycles. The minimum atomic E-state index is 0.0856. The maximum Gasteiger partial charge on any atom is 0.221 e. The van der Waals surface area contributed by atoms with Crippen LogP contribution in [0.3, 0.4) is 0 Å². The van der Waals surface area contributed by atoms with Crippen molar-refractivity contribution in [2.24, 2.45) is 0 Å². The predicted octanol–water partition coefficient (Wildman–Crippen LogP) is 1.85. The Morgan fingerprint density at radius 3 is 2.52 bits per heavy atom. The zero-order chi connectivity index (χ0) is 15.1. The topological polar surface area (TPSA) is 53.6 Å². The van der Waals surface area contributed by atoms with Crippen molar-refractivity contribution in [1.29, 1.82) is 0 Å². The van der Waals surface area contributed by atoms with Gasteiger partial charge in [0, 0.05) is 43.5 Å². The molecule has 2 N–H and O–H groups in total. The lowest BCUT2D eigenvalue weighted by atomic mass is 10.2. The van der Waals surface area contributed by atoms with Crippen molar-refractivity contribution in [2.75, 3.05) is 43.1 Å². The predicted molar refractivity (Wildman–Crippen MR) is 85.9 cm³/mol. The molecule has 0 spiro atoms. The molecule has 1 aromatic carbocycles. The summed E-state index contributed by atoms with van der Waals surface area (Å²) in [5.74, 6) is 0.0856. The van der Waals surface area contributed by atoms with Crippen molar-refractivity contribution in [3.8, 4) is 0 Å². The van der Waals surface area contributed by atoms with Crippen molar-refractivity contribution in [2.45, 2.75) is 26.3 Å². The third kappa shape index (κ3) is 5.27. The Balaban J connectivity index is 1.75. The van der Waals surface area contributed by atoms with E-state index in [-0.39, 0.29) is 11.9 Å². The van der Waals surface area contributed by atoms with Gasteiger partial charge in [-0.15, -0.1) is 0 Å². The van der Waals surface area contributed by atoms with E-state index in [2.05, 4.69) is 39.8 Å². The van der Waals surface area contributed by atoms with Gasteiger partial charge in [0.15, 0.2) is 0 Å². The fraction of sp³-hybridized carbons (Fsp3) is 0.562. The first-order chi connectivity index (χ1) is 10.1. The molecule has 0 radical (unpaired) electrons. The smallest absolute Gasteiger partial charge is 0.221 e. The molecule has 1 saturated heterocycles. The monoisotopic (exact) mass is 291 g/mol. The third-order valence-corrected chi connectivity index (χ3v) is 3.37. The van der Waals surface area contributed by atoms with E-state index in [1.165, 1.54) is 5.69 Å². The molecule has 0 aliphatic carbocycles. The van der Waals surface area contributed by atoms with Crippen LogP contribution in [0, 0.1) is 0 Å². The summed E-state index contributed by atoms with van der Waals surface area (Å²) in [4.78, 5) is 13.9. The first kappa shape index (κ1) is 15.6. The molecule has 1 amide bonds. The molecule has 1 aliphatic rings. The molecule has 5 nitrogen and oxygen atoms in total. The van der Waals surface area contributed by atoms with E-state index >= 15 is 0 Å². The Hall–Kier alpha value is -1.75. The fourth-order valence-corrected chi connectivity index (χ4v) is 2.33. The lowest BCUT2D eigenvalue weighted by Crippen LogP contribution is -2.36. The largest absolute Gasteiger partial charge is 0.385 e. The van der Waals surface area contributed by atoms with E-state index in [1.54, 1.807) is 0 Å². The second-order valence-corrected chi connectivity index (χ2v) is 5.55. The van der Waals surface area contributed by atoms with Crippen LogP contribution in [-0.2, 0) is 9.53 Å². The molecule has 5 heteroatoms. The first-order valence-corrected chi connectivity index (χ1v) is 7.61. The van der Waals surface area contributed by atoms with Gasteiger partial charge in [-0.05, 0) is 38.1 Å². The van der Waals surface area contributed by atoms with Crippen molar-refractivity contribution < 1.29 is 9.53 Å². The lowest BCUT2D eigenvalue weighted by molar-refractivity contribution is -0.121. The molecular weight excluding hydrogens is 266 g/mol. The number of hydrogen-bond acceptors (Lipinski definition) is 4. The van der Waals surface area contributed by atoms with Gasteiger partial charge in [-0.25, -0.2) is 0 Å². The number of anilines is 2. The number of ether oxygens (including phenoxy) is 1. The summed E-state index contributed by atoms with van der Waals surface area (Å²) >= 11 is 0. The average Bonchev–Trinajstić information content (AvgIpc) is 2.48. The van der Waals surface area contributed by atoms with Gasteiger partial charge in [0.25, 0.3) is 0 Å². The van der Waals surface area contributed by atoms with E-state index in [1.807, 2.05) is 13.8 Å². The van der Waals surface area contributed by atoms with Crippen LogP contribution in [-0.4, -0.2) is 44.8 Å². The molecule has 1 fully saturated rings. The molecule has 21 heavy (non-hydrogen) atoms. The quantitative estimate of drug-likeness (QED) is 0.840. The normalized spacial score (nSPS) is 15.1. The maximum absolute atomic E-state index is 11.5. The molecule has 0 unspecified atom stereocenters. The summed E-state index contributed by atoms with van der Waals surface area (Å²) in [6, 6.07) is 8.55. The fourth-order valence-electron chi connectivity index (χ4n) is 2.33. The molecule has 1 aromatic rings. The highest BCUT2D eigenvalue weighted by molar-refractivity contribution is 5.76. The standard InChI is InChI=1S/C16H25N3O2/c1-13(2)18-16(20)7-8-17-14-3-5-15(6-4-14)19-9-11-21-12-10-19/h3-6,13,17H,7-12H2,1-2H3,(H,18,20). The highest BCUT2D eigenvalue weighted by Gasteiger charge is 2.10. The van der Waals surface area contributed by atoms with Gasteiger partial charge in [-0.2, -0.15) is 0 Å². The van der Waals surface area contributed by atoms with Gasteiger partial charge in [-0.3, -0.25) is 4.79 Å². The van der Waals surface area contributed by atoms with E-state index in [9.17, 15) is 4.79 Å². The molecule has 116 valence electrons. The zero-order valence-electron chi connectivity index (χ0n) is 12.9. The molecule has 0 aromatic heterocycles. The van der Waals surface area contributed by atoms with Gasteiger partial charge in [0.05, 0.1) is 13.2 Å². The van der Waals surface area contributed by atoms with E-state index in [0.717, 1.165) is 32.0 Å². The molecule has 0 atom stereocenters. The Bertz CT molecular complexity index is 439. The summed E-state index contributed by atoms with van der Waals surface area (Å²) in [6.07, 6.45) is 0.489. The number of nitrogens with one attached hydrogen (secondary N) is 2. The third-order valence-electron chi connectivity index (χ3n) is 3.37. The lowest BCUT2D eigenvalue weighted by Gasteiger charge is -2.28. The Kier molecular flexibility index (Phi) is 5.87. The van der Waals surface area contributed by atoms with Crippen LogP contribution in [0.4, 0.5) is 11.4 Å². The molecule has 0 saturated carbocycles. The summed E-state index contributed by atoms with van der Waals surface area (Å²) in [7, 11) is 0. The number of morpholine rings is 1. The van der Waals surface area contributed by atoms with Crippen LogP contribution in [0.5, 0.6) is 0 Å². The van der Waals surface area contributed by atoms with E-state index in [0.29, 0.717) is 13.0 Å². The van der Waals surface area contributed by atoms with E-state index < -0.39 is 0 Å². The minimum absolute atomic E-state index is 0.0856. The summed E-state index contributed by atoms with van der Waals surface area (Å²) < 4.78 is 5.36. The number of nitrogens with zero attached hydrogens (tertiary/aromatic N) is 1. The van der Waals surface area contributed by atoms with Crippen LogP contribution in [0.15, 0.2) is 24.3 Å². The molecule has 0 bridgehead atoms. The Morgan fingerprint density at radius 1 is 1.24 bits per heavy atom. The number of benzene rings is 1. The number of hydrogen-bond donors (Lipinski definition) is 2. The molecule has 2 rings (SSSR count). The van der Waals surface area contributed by atoms with Crippen molar-refractivity contribution >= 4 is 17.3 Å². The van der Waals surface area contributed by atoms with Crippen molar-refractivity contribution in [3.05, 3.63) is 24.3 Å². The zero-order valence-corrected chi connectivity index (χ0v) is 12.9. The second-order valence-electron chi connectivity index (χ2n) is 5.55. The average molecular weight is 291 g/mol. The second kappa shape index (κ2) is 7.88. The first-order valence-electron chi connectivity index (χ1n) is 7.61. The van der Waals surface area contributed by atoms with Crippen molar-refractivity contribution in [1.82, 2.24) is 5.32 Å². The van der Waals surface area contributed by atoms with Crippen LogP contribution in [0.25, 0.3) is 0 Å². The van der Waals surface area contributed by atoms with Gasteiger partial charge >= 0.3 is 0 Å². The Labute approximate surface area is 126 Å². The molecular formula is C16H25N3O2. The number of carbonyl (C=O) groups is 1. The van der Waals surface area contributed by atoms with Crippen LogP contribution in [0.2, 0.25) is 0 Å². The SMILES string of the molecule is CC(C)NC(=O)CCNc1ccc(N2CCOCC2)cc1. The van der Waals surface area contributed by atoms with Crippen LogP contribution >= 0.6 is 0 Å². The number of carbonyl (C=O) groups excluding carboxylic acids is 1. The maximum atomic E-state index is 11.5. The summed E-state index contributed by atoms with van der Waals surface area (Å²) in [5, 5.41) is 6.16. The van der Waals surface area contributed by atoms with Crippen LogP contribution in [0.1, 0.15) is 20.3 Å². The van der Waals surface area contributed by atoms with Crippen molar-refractivity contribution in [3.63, 3.8) is 0 Å². The minimum Gasteiger partial charge on any atom is -0.385 e. The summed E-state index contributed by atoms with van der Waals surface area (Å²) in [6.45, 7) is 8.07. The van der Waals surface area contributed by atoms with Gasteiger partial charge in [-0.1, -0.05) is 0 Å². The summed E-state index contributed by atoms with van der Waals surface area (Å²) in [5.41, 5.74) is 2.27. The number of rotatable bonds is 6. The van der Waals surface area contributed by atoms with E-state index in [4.69, 9.17) is 4.74 Å². The van der Waals surface area contributed by atoms with Gasteiger partial charge < -0.3 is 20.3 Å². The highest BCUT2D eigenvalue weighted by Crippen LogP contribution is 2.18. The number of amides is 1. The Morgan fingerprint density at radius 2 is 1.90 bits per heavy atom. The van der Waals surface area contributed by atoms with Gasteiger partial charge in [0.2, 0.25) is 5.91 Å². The highest BCUT2D eigenvalue weighted by atomic mass is 16.5.